The maximum absolute atomic E-state index is 14.2. The maximum atomic E-state index is 14.2. The second-order valence-corrected chi connectivity index (χ2v) is 9.59. The number of likely N-dealkylation sites (N-methyl/N-ethyl adjacent to an activating group) is 2. The summed E-state index contributed by atoms with van der Waals surface area (Å²) in [5, 5.41) is 1.14. The summed E-state index contributed by atoms with van der Waals surface area (Å²) in [6.07, 6.45) is 0. The molecule has 2 aromatic carbocycles. The molecule has 2 rings (SSSR count). The zero-order valence-electron chi connectivity index (χ0n) is 21.9. The van der Waals surface area contributed by atoms with Gasteiger partial charge in [0, 0.05) is 33.3 Å². The lowest BCUT2D eigenvalue weighted by Crippen LogP contribution is -2.48. The average molecular weight is 524 g/mol. The van der Waals surface area contributed by atoms with Gasteiger partial charge < -0.3 is 9.47 Å². The fraction of sp³-hybridized carbons (Fsp3) is 0.536. The van der Waals surface area contributed by atoms with Crippen LogP contribution in [0.3, 0.4) is 0 Å². The number of ether oxygens (including phenoxy) is 2. The fourth-order valence-electron chi connectivity index (χ4n) is 4.31. The molecule has 7 heteroatoms. The van der Waals surface area contributed by atoms with Crippen molar-refractivity contribution in [2.24, 2.45) is 0 Å². The monoisotopic (exact) mass is 522 g/mol. The van der Waals surface area contributed by atoms with E-state index in [1.54, 1.807) is 48.5 Å². The predicted molar refractivity (Wildman–Crippen MR) is 146 cm³/mol. The predicted octanol–water partition coefficient (Wildman–Crippen LogP) is 6.52. The van der Waals surface area contributed by atoms with Crippen LogP contribution in [0.2, 0.25) is 10.0 Å². The van der Waals surface area contributed by atoms with Gasteiger partial charge in [-0.25, -0.2) is 0 Å². The summed E-state index contributed by atoms with van der Waals surface area (Å²) in [7, 11) is 0. The van der Waals surface area contributed by atoms with Crippen LogP contribution in [-0.2, 0) is 15.3 Å². The van der Waals surface area contributed by atoms with Gasteiger partial charge in [-0.05, 0) is 76.4 Å². The van der Waals surface area contributed by atoms with E-state index in [0.717, 1.165) is 26.2 Å². The number of nitrogens with zero attached hydrogens (tertiary/aromatic N) is 2. The van der Waals surface area contributed by atoms with Crippen LogP contribution >= 0.6 is 23.2 Å². The Kier molecular flexibility index (Phi) is 12.2. The number of carbonyl (C=O) groups is 1. The molecule has 0 aliphatic carbocycles. The first-order chi connectivity index (χ1) is 16.7. The van der Waals surface area contributed by atoms with Gasteiger partial charge in [0.25, 0.3) is 5.79 Å². The lowest BCUT2D eigenvalue weighted by atomic mass is 9.95. The average Bonchev–Trinajstić information content (AvgIpc) is 2.86. The van der Waals surface area contributed by atoms with Crippen LogP contribution in [-0.4, -0.2) is 67.1 Å². The summed E-state index contributed by atoms with van der Waals surface area (Å²) in [5.41, 5.74) is 1.08. The van der Waals surface area contributed by atoms with Gasteiger partial charge in [0.05, 0.1) is 13.2 Å². The van der Waals surface area contributed by atoms with Crippen LogP contribution in [0.1, 0.15) is 57.5 Å². The van der Waals surface area contributed by atoms with Crippen molar-refractivity contribution >= 4 is 29.0 Å². The number of ketones is 1. The first-order valence-corrected chi connectivity index (χ1v) is 13.3. The summed E-state index contributed by atoms with van der Waals surface area (Å²) in [6, 6.07) is 14.2. The zero-order chi connectivity index (χ0) is 26.0. The van der Waals surface area contributed by atoms with Crippen molar-refractivity contribution in [1.82, 2.24) is 9.80 Å². The molecule has 0 bridgehead atoms. The Morgan fingerprint density at radius 3 is 1.49 bits per heavy atom. The molecule has 2 unspecified atom stereocenters. The van der Waals surface area contributed by atoms with Crippen LogP contribution in [0.25, 0.3) is 0 Å². The van der Waals surface area contributed by atoms with Gasteiger partial charge in [-0.3, -0.25) is 14.6 Å². The van der Waals surface area contributed by atoms with E-state index < -0.39 is 5.79 Å². The quantitative estimate of drug-likeness (QED) is 0.196. The molecule has 0 aromatic heterocycles. The molecule has 0 N–H and O–H groups in total. The Morgan fingerprint density at radius 1 is 0.743 bits per heavy atom. The molecule has 0 radical (unpaired) electrons. The lowest BCUT2D eigenvalue weighted by molar-refractivity contribution is -0.221. The second-order valence-electron chi connectivity index (χ2n) is 8.72. The Labute approximate surface area is 221 Å². The van der Waals surface area contributed by atoms with Gasteiger partial charge >= 0.3 is 0 Å². The Bertz CT molecular complexity index is 875. The minimum Gasteiger partial charge on any atom is -0.338 e. The Hall–Kier alpha value is -1.47. The van der Waals surface area contributed by atoms with Gasteiger partial charge in [0.1, 0.15) is 0 Å². The summed E-state index contributed by atoms with van der Waals surface area (Å²) >= 11 is 12.3. The minimum atomic E-state index is -1.62. The molecule has 0 saturated carbocycles. The third-order valence-corrected chi connectivity index (χ3v) is 7.06. The molecular formula is C28H40Cl2N2O3. The highest BCUT2D eigenvalue weighted by atomic mass is 35.5. The number of benzene rings is 2. The van der Waals surface area contributed by atoms with E-state index >= 15 is 0 Å². The van der Waals surface area contributed by atoms with Crippen LogP contribution in [0.4, 0.5) is 0 Å². The molecule has 0 aliphatic heterocycles. The standard InChI is InChI=1S/C28H40Cl2N2O3/c1-7-31(8-2)21(5)19-34-28(24-13-17-26(30)18-14-24,35-20-22(6)32(9-3)10-4)27(33)23-11-15-25(29)16-12-23/h11-18,21-22H,7-10,19-20H2,1-6H3. The third kappa shape index (κ3) is 7.75. The SMILES string of the molecule is CCN(CC)C(C)COC(OCC(C)N(CC)CC)(C(=O)c1ccc(Cl)cc1)c1ccc(Cl)cc1. The summed E-state index contributed by atoms with van der Waals surface area (Å²) < 4.78 is 13.1. The minimum absolute atomic E-state index is 0.0958. The van der Waals surface area contributed by atoms with Crippen molar-refractivity contribution in [3.05, 3.63) is 69.7 Å². The number of Topliss-reactive ketones (excluding diaryl/α,β-unsaturated/α-hetero) is 1. The lowest BCUT2D eigenvalue weighted by Gasteiger charge is -2.37. The molecule has 0 spiro atoms. The van der Waals surface area contributed by atoms with E-state index in [1.807, 2.05) is 0 Å². The highest BCUT2D eigenvalue weighted by molar-refractivity contribution is 6.31. The van der Waals surface area contributed by atoms with Crippen molar-refractivity contribution in [2.75, 3.05) is 39.4 Å². The molecule has 2 atom stereocenters. The van der Waals surface area contributed by atoms with Gasteiger partial charge in [0.15, 0.2) is 0 Å². The number of hydrogen-bond acceptors (Lipinski definition) is 5. The topological polar surface area (TPSA) is 42.0 Å². The van der Waals surface area contributed by atoms with Gasteiger partial charge in [-0.1, -0.05) is 63.0 Å². The van der Waals surface area contributed by atoms with E-state index in [0.29, 0.717) is 34.4 Å². The summed E-state index contributed by atoms with van der Waals surface area (Å²) in [6.45, 7) is 16.9. The van der Waals surface area contributed by atoms with Crippen molar-refractivity contribution in [3.63, 3.8) is 0 Å². The van der Waals surface area contributed by atoms with E-state index in [-0.39, 0.29) is 17.9 Å². The van der Waals surface area contributed by atoms with Crippen molar-refractivity contribution in [3.8, 4) is 0 Å². The van der Waals surface area contributed by atoms with Gasteiger partial charge in [-0.15, -0.1) is 0 Å². The van der Waals surface area contributed by atoms with Gasteiger partial charge in [-0.2, -0.15) is 0 Å². The van der Waals surface area contributed by atoms with E-state index in [4.69, 9.17) is 32.7 Å². The normalized spacial score (nSPS) is 15.3. The molecule has 194 valence electrons. The summed E-state index contributed by atoms with van der Waals surface area (Å²) in [4.78, 5) is 18.7. The van der Waals surface area contributed by atoms with E-state index in [9.17, 15) is 4.79 Å². The van der Waals surface area contributed by atoms with Crippen molar-refractivity contribution < 1.29 is 14.3 Å². The molecule has 2 aromatic rings. The van der Waals surface area contributed by atoms with E-state index in [1.165, 1.54) is 0 Å². The third-order valence-electron chi connectivity index (χ3n) is 6.56. The largest absolute Gasteiger partial charge is 0.338 e. The molecule has 35 heavy (non-hydrogen) atoms. The van der Waals surface area contributed by atoms with E-state index in [2.05, 4.69) is 51.3 Å². The highest BCUT2D eigenvalue weighted by Gasteiger charge is 2.44. The first kappa shape index (κ1) is 29.8. The van der Waals surface area contributed by atoms with Crippen molar-refractivity contribution in [1.29, 1.82) is 0 Å². The molecule has 5 nitrogen and oxygen atoms in total. The first-order valence-electron chi connectivity index (χ1n) is 12.5. The molecule has 0 heterocycles. The number of rotatable bonds is 15. The number of hydrogen-bond donors (Lipinski definition) is 0. The zero-order valence-corrected chi connectivity index (χ0v) is 23.4. The summed E-state index contributed by atoms with van der Waals surface area (Å²) in [5.74, 6) is -1.89. The highest BCUT2D eigenvalue weighted by Crippen LogP contribution is 2.34. The molecule has 0 amide bonds. The molecule has 0 fully saturated rings. The molecule has 0 saturated heterocycles. The Morgan fingerprint density at radius 2 is 1.11 bits per heavy atom. The second kappa shape index (κ2) is 14.3. The smallest absolute Gasteiger partial charge is 0.261 e. The number of carbonyl (C=O) groups excluding carboxylic acids is 1. The van der Waals surface area contributed by atoms with Crippen molar-refractivity contribution in [2.45, 2.75) is 59.4 Å². The van der Waals surface area contributed by atoms with Gasteiger partial charge in [0.2, 0.25) is 5.78 Å². The van der Waals surface area contributed by atoms with Crippen LogP contribution in [0.5, 0.6) is 0 Å². The Balaban J connectivity index is 2.54. The van der Waals surface area contributed by atoms with Crippen LogP contribution in [0.15, 0.2) is 48.5 Å². The van der Waals surface area contributed by atoms with Crippen LogP contribution < -0.4 is 0 Å². The maximum Gasteiger partial charge on any atom is 0.261 e. The fourth-order valence-corrected chi connectivity index (χ4v) is 4.56. The number of halogens is 2. The molecule has 0 aliphatic rings. The van der Waals surface area contributed by atoms with Crippen LogP contribution in [0, 0.1) is 0 Å². The molecular weight excluding hydrogens is 483 g/mol.